The van der Waals surface area contributed by atoms with Crippen molar-refractivity contribution >= 4 is 5.91 Å². The molecule has 0 unspecified atom stereocenters. The molecular weight excluding hydrogens is 393 g/mol. The van der Waals surface area contributed by atoms with Gasteiger partial charge in [0.2, 0.25) is 5.91 Å². The van der Waals surface area contributed by atoms with Crippen molar-refractivity contribution in [1.82, 2.24) is 14.7 Å². The number of piperazine rings is 1. The number of carbonyl (C=O) groups excluding carboxylic acids is 1. The number of halogens is 3. The number of nitrogens with zero attached hydrogens (tertiary/aromatic N) is 3. The van der Waals surface area contributed by atoms with E-state index in [2.05, 4.69) is 16.8 Å². The summed E-state index contributed by atoms with van der Waals surface area (Å²) in [4.78, 5) is 19.4. The second kappa shape index (κ2) is 9.66. The number of piperidine rings is 1. The van der Waals surface area contributed by atoms with E-state index < -0.39 is 17.8 Å². The van der Waals surface area contributed by atoms with Crippen molar-refractivity contribution in [1.29, 1.82) is 0 Å². The molecule has 3 rings (SSSR count). The summed E-state index contributed by atoms with van der Waals surface area (Å²) in [7, 11) is 2.14. The SMILES string of the molecule is CCc1ccc(C[C@@H](N)C(=O)N2CCN(C3CCN(C)CC3)CC2)cc1C(F)(F)F. The van der Waals surface area contributed by atoms with Gasteiger partial charge in [-0.1, -0.05) is 19.1 Å². The topological polar surface area (TPSA) is 52.8 Å². The smallest absolute Gasteiger partial charge is 0.339 e. The Bertz CT molecular complexity index is 724. The maximum absolute atomic E-state index is 13.3. The van der Waals surface area contributed by atoms with Gasteiger partial charge in [0.1, 0.15) is 0 Å². The van der Waals surface area contributed by atoms with Crippen LogP contribution in [0.25, 0.3) is 0 Å². The molecule has 30 heavy (non-hydrogen) atoms. The first-order valence-electron chi connectivity index (χ1n) is 10.8. The van der Waals surface area contributed by atoms with E-state index in [1.807, 2.05) is 0 Å². The Morgan fingerprint density at radius 2 is 1.77 bits per heavy atom. The number of likely N-dealkylation sites (tertiary alicyclic amines) is 1. The van der Waals surface area contributed by atoms with Crippen LogP contribution >= 0.6 is 0 Å². The molecule has 2 N–H and O–H groups in total. The summed E-state index contributed by atoms with van der Waals surface area (Å²) in [5, 5.41) is 0. The Morgan fingerprint density at radius 1 is 1.13 bits per heavy atom. The van der Waals surface area contributed by atoms with E-state index in [1.54, 1.807) is 17.9 Å². The quantitative estimate of drug-likeness (QED) is 0.786. The fourth-order valence-electron chi connectivity index (χ4n) is 4.57. The lowest BCUT2D eigenvalue weighted by molar-refractivity contribution is -0.138. The molecule has 1 amide bonds. The van der Waals surface area contributed by atoms with Crippen molar-refractivity contribution < 1.29 is 18.0 Å². The van der Waals surface area contributed by atoms with Crippen molar-refractivity contribution in [3.63, 3.8) is 0 Å². The van der Waals surface area contributed by atoms with E-state index in [1.165, 1.54) is 6.07 Å². The highest BCUT2D eigenvalue weighted by Crippen LogP contribution is 2.33. The molecule has 2 fully saturated rings. The summed E-state index contributed by atoms with van der Waals surface area (Å²) in [6.45, 7) is 6.82. The molecule has 5 nitrogen and oxygen atoms in total. The molecule has 1 aromatic rings. The molecule has 1 aromatic carbocycles. The van der Waals surface area contributed by atoms with Crippen molar-refractivity contribution in [3.8, 4) is 0 Å². The van der Waals surface area contributed by atoms with Gasteiger partial charge in [0.05, 0.1) is 11.6 Å². The van der Waals surface area contributed by atoms with E-state index in [9.17, 15) is 18.0 Å². The zero-order chi connectivity index (χ0) is 21.9. The molecule has 8 heteroatoms. The van der Waals surface area contributed by atoms with Crippen LogP contribution in [-0.2, 0) is 23.8 Å². The van der Waals surface area contributed by atoms with Crippen LogP contribution in [-0.4, -0.2) is 79.0 Å². The molecule has 0 bridgehead atoms. The maximum Gasteiger partial charge on any atom is 0.416 e. The fraction of sp³-hybridized carbons (Fsp3) is 0.682. The third kappa shape index (κ3) is 5.53. The molecular formula is C22H33F3N4O. The van der Waals surface area contributed by atoms with Gasteiger partial charge >= 0.3 is 6.18 Å². The predicted molar refractivity (Wildman–Crippen MR) is 111 cm³/mol. The standard InChI is InChI=1S/C22H33F3N4O/c1-3-17-5-4-16(14-19(17)22(23,24)25)15-20(26)21(30)29-12-10-28(11-13-29)18-6-8-27(2)9-7-18/h4-5,14,18,20H,3,6-13,15,26H2,1-2H3/t20-/m1/s1. The summed E-state index contributed by atoms with van der Waals surface area (Å²) in [6, 6.07) is 4.04. The number of hydrogen-bond donors (Lipinski definition) is 1. The van der Waals surface area contributed by atoms with Crippen LogP contribution in [0.4, 0.5) is 13.2 Å². The van der Waals surface area contributed by atoms with Gasteiger partial charge in [0.15, 0.2) is 0 Å². The average Bonchev–Trinajstić information content (AvgIpc) is 2.73. The lowest BCUT2D eigenvalue weighted by Gasteiger charge is -2.42. The van der Waals surface area contributed by atoms with Gasteiger partial charge < -0.3 is 15.5 Å². The molecule has 0 aliphatic carbocycles. The number of alkyl halides is 3. The summed E-state index contributed by atoms with van der Waals surface area (Å²) in [5.41, 5.74) is 6.19. The van der Waals surface area contributed by atoms with Crippen LogP contribution in [0, 0.1) is 0 Å². The van der Waals surface area contributed by atoms with Gasteiger partial charge in [-0.15, -0.1) is 0 Å². The van der Waals surface area contributed by atoms with Gasteiger partial charge in [-0.2, -0.15) is 13.2 Å². The van der Waals surface area contributed by atoms with Crippen molar-refractivity contribution in [3.05, 3.63) is 34.9 Å². The van der Waals surface area contributed by atoms with Crippen LogP contribution < -0.4 is 5.73 Å². The predicted octanol–water partition coefficient (Wildman–Crippen LogP) is 2.38. The zero-order valence-corrected chi connectivity index (χ0v) is 17.9. The second-order valence-electron chi connectivity index (χ2n) is 8.55. The molecule has 0 aromatic heterocycles. The van der Waals surface area contributed by atoms with Crippen LogP contribution in [0.5, 0.6) is 0 Å². The first kappa shape index (κ1) is 23.0. The maximum atomic E-state index is 13.3. The molecule has 0 saturated carbocycles. The van der Waals surface area contributed by atoms with Crippen LogP contribution in [0.3, 0.4) is 0 Å². The monoisotopic (exact) mass is 426 g/mol. The van der Waals surface area contributed by atoms with Gasteiger partial charge in [-0.05, 0) is 63.0 Å². The number of nitrogens with two attached hydrogens (primary N) is 1. The lowest BCUT2D eigenvalue weighted by atomic mass is 9.97. The number of benzene rings is 1. The van der Waals surface area contributed by atoms with E-state index in [-0.39, 0.29) is 17.9 Å². The third-order valence-electron chi connectivity index (χ3n) is 6.46. The number of rotatable bonds is 5. The normalized spacial score (nSPS) is 21.1. The van der Waals surface area contributed by atoms with Gasteiger partial charge in [0.25, 0.3) is 0 Å². The Balaban J connectivity index is 1.55. The third-order valence-corrected chi connectivity index (χ3v) is 6.46. The zero-order valence-electron chi connectivity index (χ0n) is 17.9. The minimum absolute atomic E-state index is 0.112. The van der Waals surface area contributed by atoms with Crippen LogP contribution in [0.15, 0.2) is 18.2 Å². The minimum Gasteiger partial charge on any atom is -0.339 e. The average molecular weight is 427 g/mol. The highest BCUT2D eigenvalue weighted by Gasteiger charge is 2.34. The Kier molecular flexibility index (Phi) is 7.42. The second-order valence-corrected chi connectivity index (χ2v) is 8.55. The molecule has 0 spiro atoms. The number of aryl methyl sites for hydroxylation is 1. The lowest BCUT2D eigenvalue weighted by Crippen LogP contribution is -2.56. The van der Waals surface area contributed by atoms with E-state index in [0.29, 0.717) is 31.1 Å². The van der Waals surface area contributed by atoms with Gasteiger partial charge in [-0.3, -0.25) is 9.69 Å². The highest BCUT2D eigenvalue weighted by atomic mass is 19.4. The Labute approximate surface area is 177 Å². The molecule has 2 heterocycles. The first-order chi connectivity index (χ1) is 14.2. The Morgan fingerprint density at radius 3 is 2.33 bits per heavy atom. The molecule has 2 saturated heterocycles. The molecule has 2 aliphatic heterocycles. The van der Waals surface area contributed by atoms with Crippen LogP contribution in [0.2, 0.25) is 0 Å². The van der Waals surface area contributed by atoms with E-state index in [4.69, 9.17) is 5.73 Å². The number of carbonyl (C=O) groups is 1. The van der Waals surface area contributed by atoms with E-state index >= 15 is 0 Å². The summed E-state index contributed by atoms with van der Waals surface area (Å²) in [5.74, 6) is -0.175. The summed E-state index contributed by atoms with van der Waals surface area (Å²) >= 11 is 0. The first-order valence-corrected chi connectivity index (χ1v) is 10.8. The molecule has 2 aliphatic rings. The largest absolute Gasteiger partial charge is 0.416 e. The fourth-order valence-corrected chi connectivity index (χ4v) is 4.57. The molecule has 0 radical (unpaired) electrons. The number of hydrogen-bond acceptors (Lipinski definition) is 4. The van der Waals surface area contributed by atoms with Crippen molar-refractivity contribution in [2.24, 2.45) is 5.73 Å². The summed E-state index contributed by atoms with van der Waals surface area (Å²) < 4.78 is 39.9. The highest BCUT2D eigenvalue weighted by molar-refractivity contribution is 5.82. The van der Waals surface area contributed by atoms with Crippen molar-refractivity contribution in [2.75, 3.05) is 46.3 Å². The molecule has 1 atom stereocenters. The van der Waals surface area contributed by atoms with Gasteiger partial charge in [-0.25, -0.2) is 0 Å². The Hall–Kier alpha value is -1.64. The summed E-state index contributed by atoms with van der Waals surface area (Å²) in [6.07, 6.45) is -1.68. The van der Waals surface area contributed by atoms with E-state index in [0.717, 1.165) is 45.1 Å². The minimum atomic E-state index is -4.40. The molecule has 168 valence electrons. The van der Waals surface area contributed by atoms with Crippen molar-refractivity contribution in [2.45, 2.75) is 50.9 Å². The number of amides is 1. The van der Waals surface area contributed by atoms with Crippen LogP contribution in [0.1, 0.15) is 36.5 Å². The van der Waals surface area contributed by atoms with Gasteiger partial charge in [0, 0.05) is 32.2 Å².